The van der Waals surface area contributed by atoms with E-state index in [9.17, 15) is 0 Å². The molecule has 0 saturated heterocycles. The second kappa shape index (κ2) is 6.61. The number of aromatic nitrogens is 1. The largest absolute Gasteiger partial charge is 0.439 e. The van der Waals surface area contributed by atoms with Gasteiger partial charge in [-0.15, -0.1) is 0 Å². The zero-order valence-electron chi connectivity index (χ0n) is 10.8. The van der Waals surface area contributed by atoms with Gasteiger partial charge in [-0.1, -0.05) is 44.2 Å². The average Bonchev–Trinajstić information content (AvgIpc) is 2.78. The first-order valence-electron chi connectivity index (χ1n) is 5.93. The maximum absolute atomic E-state index is 6.03. The molecule has 0 fully saturated rings. The van der Waals surface area contributed by atoms with Crippen molar-refractivity contribution in [3.63, 3.8) is 0 Å². The van der Waals surface area contributed by atoms with Crippen molar-refractivity contribution >= 4 is 13.5 Å². The van der Waals surface area contributed by atoms with Gasteiger partial charge in [0.05, 0.1) is 12.2 Å². The number of benzene rings is 1. The standard InChI is InChI=1S/C14H18N2O.H2S/c1-10(2)8-12(15)14-16-9-13(17-14)11-6-4-3-5-7-11;/h3-7,9-10,12H,8,15H2,1-2H3;1H2/t12-;/m0./s1. The van der Waals surface area contributed by atoms with E-state index in [0.717, 1.165) is 17.7 Å². The topological polar surface area (TPSA) is 52.0 Å². The van der Waals surface area contributed by atoms with Gasteiger partial charge in [0.15, 0.2) is 5.76 Å². The molecule has 1 aromatic carbocycles. The Bertz CT molecular complexity index is 468. The molecule has 0 unspecified atom stereocenters. The Balaban J connectivity index is 0.00000162. The summed E-state index contributed by atoms with van der Waals surface area (Å²) in [4.78, 5) is 4.25. The molecule has 0 aliphatic rings. The summed E-state index contributed by atoms with van der Waals surface area (Å²) in [6, 6.07) is 9.81. The van der Waals surface area contributed by atoms with Crippen molar-refractivity contribution in [2.75, 3.05) is 0 Å². The predicted octanol–water partition coefficient (Wildman–Crippen LogP) is 3.50. The normalized spacial score (nSPS) is 12.2. The zero-order chi connectivity index (χ0) is 12.3. The molecule has 3 nitrogen and oxygen atoms in total. The Morgan fingerprint density at radius 2 is 1.89 bits per heavy atom. The van der Waals surface area contributed by atoms with Gasteiger partial charge in [-0.2, -0.15) is 13.5 Å². The van der Waals surface area contributed by atoms with E-state index in [-0.39, 0.29) is 19.5 Å². The van der Waals surface area contributed by atoms with Gasteiger partial charge in [-0.25, -0.2) is 4.98 Å². The fourth-order valence-corrected chi connectivity index (χ4v) is 1.80. The van der Waals surface area contributed by atoms with E-state index >= 15 is 0 Å². The minimum atomic E-state index is -0.118. The minimum Gasteiger partial charge on any atom is -0.439 e. The third-order valence-electron chi connectivity index (χ3n) is 2.62. The van der Waals surface area contributed by atoms with Crippen LogP contribution >= 0.6 is 13.5 Å². The van der Waals surface area contributed by atoms with Gasteiger partial charge in [0.1, 0.15) is 0 Å². The summed E-state index contributed by atoms with van der Waals surface area (Å²) in [6.45, 7) is 4.28. The van der Waals surface area contributed by atoms with Crippen LogP contribution in [0.2, 0.25) is 0 Å². The Morgan fingerprint density at radius 3 is 2.50 bits per heavy atom. The minimum absolute atomic E-state index is 0. The molecule has 0 aliphatic heterocycles. The smallest absolute Gasteiger partial charge is 0.211 e. The summed E-state index contributed by atoms with van der Waals surface area (Å²) in [6.07, 6.45) is 2.62. The molecule has 98 valence electrons. The Morgan fingerprint density at radius 1 is 1.22 bits per heavy atom. The lowest BCUT2D eigenvalue weighted by Crippen LogP contribution is -2.13. The van der Waals surface area contributed by atoms with E-state index in [1.54, 1.807) is 6.20 Å². The van der Waals surface area contributed by atoms with E-state index in [0.29, 0.717) is 11.8 Å². The Kier molecular flexibility index (Phi) is 5.44. The predicted molar refractivity (Wildman–Crippen MR) is 78.7 cm³/mol. The van der Waals surface area contributed by atoms with Gasteiger partial charge in [0, 0.05) is 5.56 Å². The van der Waals surface area contributed by atoms with Crippen LogP contribution in [0.4, 0.5) is 0 Å². The summed E-state index contributed by atoms with van der Waals surface area (Å²) in [5.41, 5.74) is 7.06. The molecular weight excluding hydrogens is 244 g/mol. The fraction of sp³-hybridized carbons (Fsp3) is 0.357. The van der Waals surface area contributed by atoms with Gasteiger partial charge in [0.2, 0.25) is 5.89 Å². The molecular formula is C14H20N2OS. The summed E-state index contributed by atoms with van der Waals surface area (Å²) in [7, 11) is 0. The molecule has 2 N–H and O–H groups in total. The highest BCUT2D eigenvalue weighted by molar-refractivity contribution is 7.59. The van der Waals surface area contributed by atoms with Crippen LogP contribution in [0, 0.1) is 5.92 Å². The molecule has 1 atom stereocenters. The molecule has 18 heavy (non-hydrogen) atoms. The van der Waals surface area contributed by atoms with Gasteiger partial charge >= 0.3 is 0 Å². The second-order valence-corrected chi connectivity index (χ2v) is 4.66. The van der Waals surface area contributed by atoms with E-state index in [1.807, 2.05) is 30.3 Å². The van der Waals surface area contributed by atoms with Crippen molar-refractivity contribution < 1.29 is 4.42 Å². The monoisotopic (exact) mass is 264 g/mol. The van der Waals surface area contributed by atoms with Gasteiger partial charge in [-0.3, -0.25) is 0 Å². The van der Waals surface area contributed by atoms with Gasteiger partial charge < -0.3 is 10.2 Å². The van der Waals surface area contributed by atoms with Crippen LogP contribution in [0.3, 0.4) is 0 Å². The third kappa shape index (κ3) is 3.62. The summed E-state index contributed by atoms with van der Waals surface area (Å²) < 4.78 is 5.70. The van der Waals surface area contributed by atoms with Crippen LogP contribution in [0.1, 0.15) is 32.2 Å². The quantitative estimate of drug-likeness (QED) is 0.919. The van der Waals surface area contributed by atoms with Gasteiger partial charge in [0.25, 0.3) is 0 Å². The first-order valence-corrected chi connectivity index (χ1v) is 5.93. The molecule has 4 heteroatoms. The number of oxazole rings is 1. The number of nitrogens with zero attached hydrogens (tertiary/aromatic N) is 1. The molecule has 0 radical (unpaired) electrons. The fourth-order valence-electron chi connectivity index (χ4n) is 1.80. The summed E-state index contributed by atoms with van der Waals surface area (Å²) in [5, 5.41) is 0. The number of nitrogens with two attached hydrogens (primary N) is 1. The van der Waals surface area contributed by atoms with Crippen molar-refractivity contribution in [2.45, 2.75) is 26.3 Å². The number of hydrogen-bond donors (Lipinski definition) is 1. The van der Waals surface area contributed by atoms with E-state index in [1.165, 1.54) is 0 Å². The first-order chi connectivity index (χ1) is 8.16. The maximum Gasteiger partial charge on any atom is 0.211 e. The SMILES string of the molecule is CC(C)C[C@H](N)c1ncc(-c2ccccc2)o1.S. The van der Waals surface area contributed by atoms with Crippen LogP contribution in [-0.2, 0) is 0 Å². The molecule has 0 aliphatic carbocycles. The molecule has 0 saturated carbocycles. The van der Waals surface area contributed by atoms with Crippen molar-refractivity contribution in [3.05, 3.63) is 42.4 Å². The van der Waals surface area contributed by atoms with E-state index in [2.05, 4.69) is 18.8 Å². The first kappa shape index (κ1) is 14.8. The maximum atomic E-state index is 6.03. The second-order valence-electron chi connectivity index (χ2n) is 4.66. The highest BCUT2D eigenvalue weighted by atomic mass is 32.1. The van der Waals surface area contributed by atoms with Crippen LogP contribution in [0.25, 0.3) is 11.3 Å². The lowest BCUT2D eigenvalue weighted by Gasteiger charge is -2.09. The molecule has 1 heterocycles. The van der Waals surface area contributed by atoms with Crippen molar-refractivity contribution in [1.82, 2.24) is 4.98 Å². The van der Waals surface area contributed by atoms with Crippen molar-refractivity contribution in [1.29, 1.82) is 0 Å². The van der Waals surface area contributed by atoms with Crippen molar-refractivity contribution in [2.24, 2.45) is 11.7 Å². The zero-order valence-corrected chi connectivity index (χ0v) is 11.8. The third-order valence-corrected chi connectivity index (χ3v) is 2.62. The van der Waals surface area contributed by atoms with Crippen LogP contribution in [0.15, 0.2) is 40.9 Å². The lowest BCUT2D eigenvalue weighted by molar-refractivity contribution is 0.408. The van der Waals surface area contributed by atoms with Crippen LogP contribution in [0.5, 0.6) is 0 Å². The molecule has 0 amide bonds. The highest BCUT2D eigenvalue weighted by Gasteiger charge is 2.14. The Labute approximate surface area is 115 Å². The average molecular weight is 264 g/mol. The number of hydrogen-bond acceptors (Lipinski definition) is 3. The summed E-state index contributed by atoms with van der Waals surface area (Å²) in [5.74, 6) is 1.94. The van der Waals surface area contributed by atoms with Crippen LogP contribution < -0.4 is 5.73 Å². The summed E-state index contributed by atoms with van der Waals surface area (Å²) >= 11 is 0. The van der Waals surface area contributed by atoms with E-state index in [4.69, 9.17) is 10.2 Å². The molecule has 0 spiro atoms. The van der Waals surface area contributed by atoms with Crippen LogP contribution in [-0.4, -0.2) is 4.98 Å². The van der Waals surface area contributed by atoms with Gasteiger partial charge in [-0.05, 0) is 12.3 Å². The molecule has 0 bridgehead atoms. The highest BCUT2D eigenvalue weighted by Crippen LogP contribution is 2.24. The molecule has 1 aromatic heterocycles. The number of rotatable bonds is 4. The molecule has 2 aromatic rings. The van der Waals surface area contributed by atoms with E-state index < -0.39 is 0 Å². The molecule has 2 rings (SSSR count). The van der Waals surface area contributed by atoms with Crippen molar-refractivity contribution in [3.8, 4) is 11.3 Å². The lowest BCUT2D eigenvalue weighted by atomic mass is 10.0. The Hall–Kier alpha value is -1.26.